The highest BCUT2D eigenvalue weighted by molar-refractivity contribution is 6.99. The molecule has 0 bridgehead atoms. The summed E-state index contributed by atoms with van der Waals surface area (Å²) in [6.45, 7) is 3.94. The van der Waals surface area contributed by atoms with Gasteiger partial charge in [-0.1, -0.05) is 0 Å². The second kappa shape index (κ2) is 7.41. The van der Waals surface area contributed by atoms with Crippen LogP contribution in [0, 0.1) is 0 Å². The Morgan fingerprint density at radius 3 is 2.65 bits per heavy atom. The van der Waals surface area contributed by atoms with Crippen molar-refractivity contribution in [1.29, 1.82) is 0 Å². The maximum absolute atomic E-state index is 12.5. The van der Waals surface area contributed by atoms with Crippen molar-refractivity contribution in [2.24, 2.45) is 0 Å². The molecule has 1 aromatic heterocycles. The normalized spacial score (nSPS) is 15.4. The smallest absolute Gasteiger partial charge is 0.253 e. The number of amides is 1. The van der Waals surface area contributed by atoms with Crippen LogP contribution >= 0.6 is 11.7 Å². The van der Waals surface area contributed by atoms with E-state index in [1.807, 2.05) is 36.1 Å². The van der Waals surface area contributed by atoms with Crippen LogP contribution in [0.5, 0.6) is 11.6 Å². The van der Waals surface area contributed by atoms with Gasteiger partial charge in [-0.05, 0) is 31.2 Å². The van der Waals surface area contributed by atoms with Crippen molar-refractivity contribution in [1.82, 2.24) is 13.6 Å². The summed E-state index contributed by atoms with van der Waals surface area (Å²) >= 11 is 1.14. The van der Waals surface area contributed by atoms with Gasteiger partial charge in [0, 0.05) is 31.5 Å². The van der Waals surface area contributed by atoms with Gasteiger partial charge >= 0.3 is 0 Å². The largest absolute Gasteiger partial charge is 0.494 e. The first-order valence-electron chi connectivity index (χ1n) is 7.72. The van der Waals surface area contributed by atoms with Crippen LogP contribution < -0.4 is 9.47 Å². The minimum absolute atomic E-state index is 0.0572. The Labute approximate surface area is 139 Å². The van der Waals surface area contributed by atoms with Crippen LogP contribution in [0.2, 0.25) is 0 Å². The zero-order chi connectivity index (χ0) is 16.1. The molecule has 1 aliphatic rings. The van der Waals surface area contributed by atoms with Gasteiger partial charge in [0.1, 0.15) is 18.1 Å². The van der Waals surface area contributed by atoms with Crippen molar-refractivity contribution in [3.63, 3.8) is 0 Å². The van der Waals surface area contributed by atoms with E-state index in [-0.39, 0.29) is 12.0 Å². The minimum Gasteiger partial charge on any atom is -0.494 e. The Hall–Kier alpha value is -2.15. The second-order valence-corrected chi connectivity index (χ2v) is 5.87. The van der Waals surface area contributed by atoms with Crippen molar-refractivity contribution < 1.29 is 14.3 Å². The van der Waals surface area contributed by atoms with Crippen LogP contribution in [-0.2, 0) is 0 Å². The average molecular weight is 333 g/mol. The van der Waals surface area contributed by atoms with Gasteiger partial charge in [0.05, 0.1) is 18.3 Å². The lowest BCUT2D eigenvalue weighted by Crippen LogP contribution is -2.41. The number of rotatable bonds is 5. The summed E-state index contributed by atoms with van der Waals surface area (Å²) in [5.74, 6) is 1.42. The monoisotopic (exact) mass is 333 g/mol. The van der Waals surface area contributed by atoms with Crippen molar-refractivity contribution >= 4 is 17.6 Å². The van der Waals surface area contributed by atoms with Crippen LogP contribution in [0.3, 0.4) is 0 Å². The van der Waals surface area contributed by atoms with E-state index in [4.69, 9.17) is 9.47 Å². The molecule has 6 nitrogen and oxygen atoms in total. The molecule has 7 heteroatoms. The first-order chi connectivity index (χ1) is 11.3. The van der Waals surface area contributed by atoms with E-state index >= 15 is 0 Å². The molecular formula is C16H19N3O3S. The number of carbonyl (C=O) groups excluding carboxylic acids is 1. The van der Waals surface area contributed by atoms with Crippen LogP contribution in [0.15, 0.2) is 30.5 Å². The third-order valence-electron chi connectivity index (χ3n) is 3.77. The zero-order valence-corrected chi connectivity index (χ0v) is 13.8. The summed E-state index contributed by atoms with van der Waals surface area (Å²) in [4.78, 5) is 14.4. The van der Waals surface area contributed by atoms with Crippen molar-refractivity contribution in [3.8, 4) is 11.6 Å². The van der Waals surface area contributed by atoms with E-state index in [1.165, 1.54) is 0 Å². The zero-order valence-electron chi connectivity index (χ0n) is 13.0. The molecule has 2 aromatic rings. The molecule has 3 rings (SSSR count). The molecular weight excluding hydrogens is 314 g/mol. The fraction of sp³-hybridized carbons (Fsp3) is 0.438. The molecule has 1 fully saturated rings. The fourth-order valence-electron chi connectivity index (χ4n) is 2.60. The van der Waals surface area contributed by atoms with Crippen LogP contribution in [-0.4, -0.2) is 45.4 Å². The van der Waals surface area contributed by atoms with Gasteiger partial charge in [0.2, 0.25) is 5.88 Å². The molecule has 1 aromatic carbocycles. The van der Waals surface area contributed by atoms with Crippen molar-refractivity contribution in [2.45, 2.75) is 25.9 Å². The molecule has 23 heavy (non-hydrogen) atoms. The van der Waals surface area contributed by atoms with Gasteiger partial charge in [-0.2, -0.15) is 4.37 Å². The maximum Gasteiger partial charge on any atom is 0.253 e. The number of piperidine rings is 1. The molecule has 122 valence electrons. The summed E-state index contributed by atoms with van der Waals surface area (Å²) in [6, 6.07) is 7.30. The van der Waals surface area contributed by atoms with Gasteiger partial charge in [0.15, 0.2) is 0 Å². The Bertz CT molecular complexity index is 623. The number of hydrogen-bond acceptors (Lipinski definition) is 6. The Balaban J connectivity index is 1.53. The lowest BCUT2D eigenvalue weighted by Gasteiger charge is -2.31. The number of ether oxygens (including phenoxy) is 2. The molecule has 1 amide bonds. The summed E-state index contributed by atoms with van der Waals surface area (Å²) in [5.41, 5.74) is 0.691. The van der Waals surface area contributed by atoms with Crippen LogP contribution in [0.4, 0.5) is 0 Å². The molecule has 0 radical (unpaired) electrons. The second-order valence-electron chi connectivity index (χ2n) is 5.31. The summed E-state index contributed by atoms with van der Waals surface area (Å²) in [6.07, 6.45) is 3.34. The number of benzene rings is 1. The van der Waals surface area contributed by atoms with Gasteiger partial charge in [-0.3, -0.25) is 4.79 Å². The highest BCUT2D eigenvalue weighted by Gasteiger charge is 2.25. The van der Waals surface area contributed by atoms with E-state index in [9.17, 15) is 4.79 Å². The Morgan fingerprint density at radius 2 is 2.04 bits per heavy atom. The first-order valence-corrected chi connectivity index (χ1v) is 8.45. The summed E-state index contributed by atoms with van der Waals surface area (Å²) in [7, 11) is 0. The molecule has 2 heterocycles. The number of nitrogens with zero attached hydrogens (tertiary/aromatic N) is 3. The minimum atomic E-state index is 0.0572. The van der Waals surface area contributed by atoms with E-state index in [2.05, 4.69) is 8.75 Å². The van der Waals surface area contributed by atoms with E-state index in [0.717, 1.165) is 30.3 Å². The molecule has 1 saturated heterocycles. The molecule has 0 aliphatic carbocycles. The van der Waals surface area contributed by atoms with Crippen molar-refractivity contribution in [3.05, 3.63) is 36.0 Å². The highest BCUT2D eigenvalue weighted by atomic mass is 32.1. The van der Waals surface area contributed by atoms with E-state index in [0.29, 0.717) is 31.1 Å². The molecule has 0 atom stereocenters. The first kappa shape index (κ1) is 15.7. The quantitative estimate of drug-likeness (QED) is 0.841. The molecule has 0 saturated carbocycles. The third kappa shape index (κ3) is 3.98. The predicted octanol–water partition coefficient (Wildman–Crippen LogP) is 2.62. The van der Waals surface area contributed by atoms with E-state index in [1.54, 1.807) is 6.20 Å². The highest BCUT2D eigenvalue weighted by Crippen LogP contribution is 2.20. The lowest BCUT2D eigenvalue weighted by atomic mass is 10.1. The van der Waals surface area contributed by atoms with Gasteiger partial charge in [0.25, 0.3) is 5.91 Å². The summed E-state index contributed by atoms with van der Waals surface area (Å²) in [5, 5.41) is 0. The van der Waals surface area contributed by atoms with Gasteiger partial charge in [-0.25, -0.2) is 0 Å². The number of aromatic nitrogens is 2. The van der Waals surface area contributed by atoms with Crippen LogP contribution in [0.25, 0.3) is 0 Å². The Morgan fingerprint density at radius 1 is 1.30 bits per heavy atom. The maximum atomic E-state index is 12.5. The Kier molecular flexibility index (Phi) is 5.07. The molecule has 0 N–H and O–H groups in total. The van der Waals surface area contributed by atoms with E-state index < -0.39 is 0 Å². The topological polar surface area (TPSA) is 64.5 Å². The van der Waals surface area contributed by atoms with Crippen molar-refractivity contribution in [2.75, 3.05) is 19.7 Å². The fourth-order valence-corrected chi connectivity index (χ4v) is 2.95. The van der Waals surface area contributed by atoms with Crippen LogP contribution in [0.1, 0.15) is 30.1 Å². The number of hydrogen-bond donors (Lipinski definition) is 0. The lowest BCUT2D eigenvalue weighted by molar-refractivity contribution is 0.0589. The average Bonchev–Trinajstić information content (AvgIpc) is 3.09. The summed E-state index contributed by atoms with van der Waals surface area (Å²) < 4.78 is 19.1. The number of likely N-dealkylation sites (tertiary alicyclic amines) is 1. The number of carbonyl (C=O) groups is 1. The molecule has 0 spiro atoms. The molecule has 0 unspecified atom stereocenters. The van der Waals surface area contributed by atoms with Gasteiger partial charge < -0.3 is 14.4 Å². The third-order valence-corrected chi connectivity index (χ3v) is 4.23. The standard InChI is InChI=1S/C16H19N3O3S/c1-2-21-13-5-3-12(4-6-13)16(20)19-9-7-14(8-10-19)22-15-11-17-23-18-15/h3-6,11,14H,2,7-10H2,1H3. The molecule has 1 aliphatic heterocycles. The SMILES string of the molecule is CCOc1ccc(C(=O)N2CCC(Oc3cnsn3)CC2)cc1. The predicted molar refractivity (Wildman–Crippen MR) is 87.1 cm³/mol. The van der Waals surface area contributed by atoms with Gasteiger partial charge in [-0.15, -0.1) is 4.37 Å².